The number of carbonyl (C=O) groups excluding carboxylic acids is 1. The maximum Gasteiger partial charge on any atom is 0.176 e. The van der Waals surface area contributed by atoms with Gasteiger partial charge in [0, 0.05) is 24.7 Å². The first kappa shape index (κ1) is 15.2. The van der Waals surface area contributed by atoms with Crippen molar-refractivity contribution in [3.63, 3.8) is 0 Å². The Hall–Kier alpha value is -1.19. The number of hydrogen-bond acceptors (Lipinski definition) is 3. The predicted octanol–water partition coefficient (Wildman–Crippen LogP) is 2.46. The summed E-state index contributed by atoms with van der Waals surface area (Å²) in [7, 11) is 2.16. The minimum absolute atomic E-state index is 0.240. The third-order valence-corrected chi connectivity index (χ3v) is 4.22. The van der Waals surface area contributed by atoms with E-state index in [1.807, 2.05) is 12.1 Å². The molecule has 1 aliphatic heterocycles. The van der Waals surface area contributed by atoms with Crippen molar-refractivity contribution in [1.82, 2.24) is 9.80 Å². The molecule has 2 rings (SSSR count). The quantitative estimate of drug-likeness (QED) is 0.788. The predicted molar refractivity (Wildman–Crippen MR) is 83.3 cm³/mol. The van der Waals surface area contributed by atoms with Gasteiger partial charge in [0.2, 0.25) is 0 Å². The number of rotatable bonds is 4. The van der Waals surface area contributed by atoms with Gasteiger partial charge in [-0.05, 0) is 38.9 Å². The molecule has 1 heterocycles. The molecule has 1 saturated heterocycles. The zero-order chi connectivity index (χ0) is 14.5. The van der Waals surface area contributed by atoms with E-state index >= 15 is 0 Å². The lowest BCUT2D eigenvalue weighted by Crippen LogP contribution is -2.40. The van der Waals surface area contributed by atoms with Gasteiger partial charge in [0.25, 0.3) is 0 Å². The van der Waals surface area contributed by atoms with Gasteiger partial charge in [-0.2, -0.15) is 0 Å². The van der Waals surface area contributed by atoms with Crippen molar-refractivity contribution in [2.75, 3.05) is 33.2 Å². The van der Waals surface area contributed by atoms with E-state index in [2.05, 4.69) is 42.8 Å². The van der Waals surface area contributed by atoms with Gasteiger partial charge in [-0.1, -0.05) is 31.2 Å². The number of likely N-dealkylation sites (N-methyl/N-ethyl adjacent to an activating group) is 1. The summed E-state index contributed by atoms with van der Waals surface area (Å²) in [6.45, 7) is 8.08. The van der Waals surface area contributed by atoms with Gasteiger partial charge in [0.05, 0.1) is 6.54 Å². The molecule has 1 fully saturated rings. The Labute approximate surface area is 122 Å². The molecule has 1 aromatic rings. The van der Waals surface area contributed by atoms with E-state index in [9.17, 15) is 4.79 Å². The van der Waals surface area contributed by atoms with Gasteiger partial charge >= 0.3 is 0 Å². The molecule has 0 radical (unpaired) electrons. The molecule has 3 heteroatoms. The lowest BCUT2D eigenvalue weighted by Gasteiger charge is -2.27. The van der Waals surface area contributed by atoms with Crippen LogP contribution in [0.4, 0.5) is 0 Å². The second-order valence-corrected chi connectivity index (χ2v) is 5.91. The van der Waals surface area contributed by atoms with Crippen molar-refractivity contribution < 1.29 is 4.79 Å². The molecule has 3 nitrogen and oxygen atoms in total. The van der Waals surface area contributed by atoms with Crippen LogP contribution >= 0.6 is 0 Å². The maximum absolute atomic E-state index is 12.4. The van der Waals surface area contributed by atoms with E-state index in [1.54, 1.807) is 0 Å². The van der Waals surface area contributed by atoms with Crippen LogP contribution in [-0.4, -0.2) is 54.9 Å². The monoisotopic (exact) mass is 274 g/mol. The molecule has 1 aromatic carbocycles. The minimum Gasteiger partial charge on any atom is -0.305 e. The number of nitrogens with zero attached hydrogens (tertiary/aromatic N) is 2. The molecule has 0 spiro atoms. The first-order valence-electron chi connectivity index (χ1n) is 7.65. The molecule has 1 aliphatic rings. The van der Waals surface area contributed by atoms with Crippen LogP contribution in [0, 0.1) is 0 Å². The van der Waals surface area contributed by atoms with Crippen LogP contribution in [0.1, 0.15) is 36.2 Å². The van der Waals surface area contributed by atoms with Crippen LogP contribution < -0.4 is 0 Å². The molecule has 1 atom stereocenters. The van der Waals surface area contributed by atoms with Gasteiger partial charge in [-0.15, -0.1) is 0 Å². The Morgan fingerprint density at radius 1 is 1.25 bits per heavy atom. The Balaban J connectivity index is 1.98. The Morgan fingerprint density at radius 2 is 1.95 bits per heavy atom. The van der Waals surface area contributed by atoms with E-state index < -0.39 is 0 Å². The van der Waals surface area contributed by atoms with Crippen molar-refractivity contribution in [2.45, 2.75) is 32.7 Å². The summed E-state index contributed by atoms with van der Waals surface area (Å²) in [5.41, 5.74) is 2.12. The standard InChI is InChI=1S/C17H26N2O/c1-4-15-6-8-16(9-7-15)17(20)13-19-11-5-10-18(3)12-14(19)2/h6-9,14H,4-5,10-13H2,1-3H3. The van der Waals surface area contributed by atoms with Crippen LogP contribution in [-0.2, 0) is 6.42 Å². The van der Waals surface area contributed by atoms with E-state index in [-0.39, 0.29) is 5.78 Å². The molecule has 20 heavy (non-hydrogen) atoms. The highest BCUT2D eigenvalue weighted by Gasteiger charge is 2.21. The summed E-state index contributed by atoms with van der Waals surface area (Å²) in [6, 6.07) is 8.51. The van der Waals surface area contributed by atoms with Gasteiger partial charge in [0.15, 0.2) is 5.78 Å². The molecule has 0 amide bonds. The molecule has 1 unspecified atom stereocenters. The Morgan fingerprint density at radius 3 is 2.60 bits per heavy atom. The average Bonchev–Trinajstić information content (AvgIpc) is 2.60. The number of hydrogen-bond donors (Lipinski definition) is 0. The number of benzene rings is 1. The third-order valence-electron chi connectivity index (χ3n) is 4.22. The fourth-order valence-corrected chi connectivity index (χ4v) is 2.86. The largest absolute Gasteiger partial charge is 0.305 e. The maximum atomic E-state index is 12.4. The van der Waals surface area contributed by atoms with Crippen LogP contribution in [0.2, 0.25) is 0 Å². The molecule has 110 valence electrons. The first-order valence-corrected chi connectivity index (χ1v) is 7.65. The smallest absolute Gasteiger partial charge is 0.176 e. The lowest BCUT2D eigenvalue weighted by molar-refractivity contribution is 0.0900. The minimum atomic E-state index is 0.240. The fourth-order valence-electron chi connectivity index (χ4n) is 2.86. The molecule has 0 aliphatic carbocycles. The first-order chi connectivity index (χ1) is 9.60. The molecule has 0 N–H and O–H groups in total. The molecule has 0 saturated carbocycles. The van der Waals surface area contributed by atoms with Crippen molar-refractivity contribution >= 4 is 5.78 Å². The summed E-state index contributed by atoms with van der Waals surface area (Å²) >= 11 is 0. The third kappa shape index (κ3) is 3.90. The molecule has 0 bridgehead atoms. The number of carbonyl (C=O) groups is 1. The zero-order valence-corrected chi connectivity index (χ0v) is 12.9. The zero-order valence-electron chi connectivity index (χ0n) is 12.9. The lowest BCUT2D eigenvalue weighted by atomic mass is 10.1. The van der Waals surface area contributed by atoms with Gasteiger partial charge in [0.1, 0.15) is 0 Å². The van der Waals surface area contributed by atoms with Crippen molar-refractivity contribution in [1.29, 1.82) is 0 Å². The van der Waals surface area contributed by atoms with Crippen LogP contribution in [0.5, 0.6) is 0 Å². The van der Waals surface area contributed by atoms with Crippen molar-refractivity contribution in [3.8, 4) is 0 Å². The van der Waals surface area contributed by atoms with E-state index in [1.165, 1.54) is 5.56 Å². The average molecular weight is 274 g/mol. The highest BCUT2D eigenvalue weighted by Crippen LogP contribution is 2.11. The van der Waals surface area contributed by atoms with Crippen LogP contribution in [0.25, 0.3) is 0 Å². The summed E-state index contributed by atoms with van der Waals surface area (Å²) in [5.74, 6) is 0.240. The van der Waals surface area contributed by atoms with Gasteiger partial charge in [-0.3, -0.25) is 9.69 Å². The van der Waals surface area contributed by atoms with Crippen molar-refractivity contribution in [2.24, 2.45) is 0 Å². The highest BCUT2D eigenvalue weighted by molar-refractivity contribution is 5.97. The van der Waals surface area contributed by atoms with E-state index in [4.69, 9.17) is 0 Å². The Bertz CT molecular complexity index is 441. The normalized spacial score (nSPS) is 21.6. The molecular weight excluding hydrogens is 248 g/mol. The summed E-state index contributed by atoms with van der Waals surface area (Å²) in [6.07, 6.45) is 2.16. The second kappa shape index (κ2) is 7.00. The summed E-state index contributed by atoms with van der Waals surface area (Å²) < 4.78 is 0. The van der Waals surface area contributed by atoms with Gasteiger partial charge in [-0.25, -0.2) is 0 Å². The number of aryl methyl sites for hydroxylation is 1. The Kier molecular flexibility index (Phi) is 5.32. The van der Waals surface area contributed by atoms with Crippen LogP contribution in [0.3, 0.4) is 0 Å². The van der Waals surface area contributed by atoms with Gasteiger partial charge < -0.3 is 4.90 Å². The summed E-state index contributed by atoms with van der Waals surface area (Å²) in [4.78, 5) is 17.1. The molecular formula is C17H26N2O. The second-order valence-electron chi connectivity index (χ2n) is 5.91. The number of ketones is 1. The van der Waals surface area contributed by atoms with Crippen LogP contribution in [0.15, 0.2) is 24.3 Å². The van der Waals surface area contributed by atoms with E-state index in [0.29, 0.717) is 12.6 Å². The summed E-state index contributed by atoms with van der Waals surface area (Å²) in [5, 5.41) is 0. The highest BCUT2D eigenvalue weighted by atomic mass is 16.1. The SMILES string of the molecule is CCc1ccc(C(=O)CN2CCCN(C)CC2C)cc1. The number of Topliss-reactive ketones (excluding diaryl/α,β-unsaturated/α-hetero) is 1. The van der Waals surface area contributed by atoms with Crippen molar-refractivity contribution in [3.05, 3.63) is 35.4 Å². The topological polar surface area (TPSA) is 23.6 Å². The molecule has 0 aromatic heterocycles. The van der Waals surface area contributed by atoms with E-state index in [0.717, 1.165) is 38.0 Å². The fraction of sp³-hybridized carbons (Fsp3) is 0.588.